The van der Waals surface area contributed by atoms with Gasteiger partial charge < -0.3 is 9.30 Å². The Balaban J connectivity index is 1.94. The highest BCUT2D eigenvalue weighted by molar-refractivity contribution is 9.10. The van der Waals surface area contributed by atoms with Crippen LogP contribution in [0.15, 0.2) is 34.9 Å². The standard InChI is InChI=1S/C21H26BrN3O/c1-4-5-6-7-8-18-21-19(24-15(2)23-18)11-12-25(21)14-16-9-10-17(22)13-20(16)26-3/h9-13H,4-8,14H2,1-3H3. The number of nitrogens with zero attached hydrogens (tertiary/aromatic N) is 3. The number of fused-ring (bicyclic) bond motifs is 1. The van der Waals surface area contributed by atoms with Crippen molar-refractivity contribution in [3.63, 3.8) is 0 Å². The van der Waals surface area contributed by atoms with E-state index in [0.29, 0.717) is 0 Å². The summed E-state index contributed by atoms with van der Waals surface area (Å²) in [5.41, 5.74) is 4.48. The van der Waals surface area contributed by atoms with Crippen LogP contribution in [0, 0.1) is 6.92 Å². The van der Waals surface area contributed by atoms with Gasteiger partial charge in [-0.3, -0.25) is 0 Å². The van der Waals surface area contributed by atoms with E-state index in [9.17, 15) is 0 Å². The van der Waals surface area contributed by atoms with Gasteiger partial charge in [-0.15, -0.1) is 0 Å². The van der Waals surface area contributed by atoms with Crippen molar-refractivity contribution in [3.05, 3.63) is 52.0 Å². The summed E-state index contributed by atoms with van der Waals surface area (Å²) >= 11 is 3.51. The van der Waals surface area contributed by atoms with E-state index >= 15 is 0 Å². The van der Waals surface area contributed by atoms with Crippen LogP contribution in [0.4, 0.5) is 0 Å². The third-order valence-electron chi connectivity index (χ3n) is 4.65. The summed E-state index contributed by atoms with van der Waals surface area (Å²) in [4.78, 5) is 9.39. The van der Waals surface area contributed by atoms with E-state index < -0.39 is 0 Å². The maximum Gasteiger partial charge on any atom is 0.126 e. The predicted molar refractivity (Wildman–Crippen MR) is 110 cm³/mol. The molecule has 1 aromatic carbocycles. The van der Waals surface area contributed by atoms with Gasteiger partial charge in [0.1, 0.15) is 11.6 Å². The number of rotatable bonds is 8. The van der Waals surface area contributed by atoms with E-state index in [2.05, 4.69) is 56.8 Å². The Labute approximate surface area is 163 Å². The maximum atomic E-state index is 5.55. The minimum Gasteiger partial charge on any atom is -0.496 e. The molecule has 0 aliphatic heterocycles. The summed E-state index contributed by atoms with van der Waals surface area (Å²) < 4.78 is 8.82. The Kier molecular flexibility index (Phi) is 6.30. The summed E-state index contributed by atoms with van der Waals surface area (Å²) in [7, 11) is 1.71. The van der Waals surface area contributed by atoms with Gasteiger partial charge in [0, 0.05) is 16.2 Å². The van der Waals surface area contributed by atoms with Crippen molar-refractivity contribution in [2.75, 3.05) is 7.11 Å². The van der Waals surface area contributed by atoms with E-state index in [1.165, 1.54) is 25.7 Å². The summed E-state index contributed by atoms with van der Waals surface area (Å²) in [5.74, 6) is 1.74. The van der Waals surface area contributed by atoms with Gasteiger partial charge in [-0.25, -0.2) is 9.97 Å². The van der Waals surface area contributed by atoms with Crippen LogP contribution in [0.5, 0.6) is 5.75 Å². The fraction of sp³-hybridized carbons (Fsp3) is 0.429. The molecule has 0 atom stereocenters. The van der Waals surface area contributed by atoms with Crippen LogP contribution < -0.4 is 4.74 Å². The molecule has 5 heteroatoms. The second-order valence-corrected chi connectivity index (χ2v) is 7.58. The molecule has 0 bridgehead atoms. The highest BCUT2D eigenvalue weighted by Gasteiger charge is 2.13. The van der Waals surface area contributed by atoms with Gasteiger partial charge in [-0.05, 0) is 38.0 Å². The molecular weight excluding hydrogens is 390 g/mol. The van der Waals surface area contributed by atoms with Gasteiger partial charge in [0.15, 0.2) is 0 Å². The number of hydrogen-bond acceptors (Lipinski definition) is 3. The number of hydrogen-bond donors (Lipinski definition) is 0. The third kappa shape index (κ3) is 4.26. The molecule has 0 aliphatic carbocycles. The smallest absolute Gasteiger partial charge is 0.126 e. The molecule has 3 rings (SSSR count). The van der Waals surface area contributed by atoms with E-state index in [-0.39, 0.29) is 0 Å². The average Bonchev–Trinajstić information content (AvgIpc) is 3.02. The van der Waals surface area contributed by atoms with Crippen molar-refractivity contribution in [2.24, 2.45) is 0 Å². The first kappa shape index (κ1) is 18.9. The third-order valence-corrected chi connectivity index (χ3v) is 5.14. The number of methoxy groups -OCH3 is 1. The van der Waals surface area contributed by atoms with Gasteiger partial charge in [0.05, 0.1) is 30.4 Å². The Hall–Kier alpha value is -1.88. The number of aromatic nitrogens is 3. The second-order valence-electron chi connectivity index (χ2n) is 6.66. The lowest BCUT2D eigenvalue weighted by atomic mass is 10.1. The van der Waals surface area contributed by atoms with Crippen molar-refractivity contribution in [3.8, 4) is 5.75 Å². The molecule has 0 radical (unpaired) electrons. The fourth-order valence-electron chi connectivity index (χ4n) is 3.37. The zero-order valence-corrected chi connectivity index (χ0v) is 17.3. The molecule has 0 aliphatic rings. The molecule has 2 aromatic heterocycles. The predicted octanol–water partition coefficient (Wildman–Crippen LogP) is 5.68. The molecule has 0 spiro atoms. The van der Waals surface area contributed by atoms with Crippen molar-refractivity contribution in [2.45, 2.75) is 52.5 Å². The minimum absolute atomic E-state index is 0.744. The van der Waals surface area contributed by atoms with Gasteiger partial charge in [0.2, 0.25) is 0 Å². The largest absolute Gasteiger partial charge is 0.496 e. The van der Waals surface area contributed by atoms with Crippen LogP contribution in [0.25, 0.3) is 11.0 Å². The van der Waals surface area contributed by atoms with Crippen LogP contribution in [-0.4, -0.2) is 21.6 Å². The van der Waals surface area contributed by atoms with Crippen molar-refractivity contribution in [1.82, 2.24) is 14.5 Å². The molecule has 4 nitrogen and oxygen atoms in total. The maximum absolute atomic E-state index is 5.55. The fourth-order valence-corrected chi connectivity index (χ4v) is 3.71. The van der Waals surface area contributed by atoms with E-state index in [4.69, 9.17) is 9.72 Å². The summed E-state index contributed by atoms with van der Waals surface area (Å²) in [6.07, 6.45) is 8.06. The molecule has 0 fully saturated rings. The second kappa shape index (κ2) is 8.67. The lowest BCUT2D eigenvalue weighted by molar-refractivity contribution is 0.408. The normalized spacial score (nSPS) is 11.2. The number of ether oxygens (including phenoxy) is 1. The van der Waals surface area contributed by atoms with Crippen LogP contribution in [0.2, 0.25) is 0 Å². The Morgan fingerprint density at radius 1 is 1.12 bits per heavy atom. The molecular formula is C21H26BrN3O. The lowest BCUT2D eigenvalue weighted by Crippen LogP contribution is -2.05. The summed E-state index contributed by atoms with van der Waals surface area (Å²) in [6.45, 7) is 4.96. The Bertz CT molecular complexity index is 888. The monoisotopic (exact) mass is 415 g/mol. The molecule has 0 unspecified atom stereocenters. The summed E-state index contributed by atoms with van der Waals surface area (Å²) in [6, 6.07) is 8.25. The van der Waals surface area contributed by atoms with Gasteiger partial charge in [-0.2, -0.15) is 0 Å². The van der Waals surface area contributed by atoms with Crippen LogP contribution in [0.1, 0.15) is 49.7 Å². The number of benzene rings is 1. The summed E-state index contributed by atoms with van der Waals surface area (Å²) in [5, 5.41) is 0. The lowest BCUT2D eigenvalue weighted by Gasteiger charge is -2.13. The van der Waals surface area contributed by atoms with E-state index in [0.717, 1.165) is 51.3 Å². The number of aryl methyl sites for hydroxylation is 2. The number of unbranched alkanes of at least 4 members (excludes halogenated alkanes) is 3. The molecule has 0 saturated carbocycles. The molecule has 138 valence electrons. The zero-order chi connectivity index (χ0) is 18.5. The van der Waals surface area contributed by atoms with Crippen molar-refractivity contribution in [1.29, 1.82) is 0 Å². The van der Waals surface area contributed by atoms with Crippen LogP contribution in [0.3, 0.4) is 0 Å². The highest BCUT2D eigenvalue weighted by atomic mass is 79.9. The molecule has 0 N–H and O–H groups in total. The van der Waals surface area contributed by atoms with Gasteiger partial charge in [-0.1, -0.05) is 48.2 Å². The Morgan fingerprint density at radius 2 is 1.96 bits per heavy atom. The first-order valence-corrected chi connectivity index (χ1v) is 10.1. The first-order valence-electron chi connectivity index (χ1n) is 9.27. The molecule has 0 saturated heterocycles. The SMILES string of the molecule is CCCCCCc1nc(C)nc2ccn(Cc3ccc(Br)cc3OC)c12. The Morgan fingerprint density at radius 3 is 2.73 bits per heavy atom. The topological polar surface area (TPSA) is 39.9 Å². The zero-order valence-electron chi connectivity index (χ0n) is 15.8. The van der Waals surface area contributed by atoms with Crippen LogP contribution >= 0.6 is 15.9 Å². The highest BCUT2D eigenvalue weighted by Crippen LogP contribution is 2.27. The van der Waals surface area contributed by atoms with Gasteiger partial charge >= 0.3 is 0 Å². The molecule has 3 aromatic rings. The van der Waals surface area contributed by atoms with Crippen LogP contribution in [-0.2, 0) is 13.0 Å². The average molecular weight is 416 g/mol. The van der Waals surface area contributed by atoms with E-state index in [1.54, 1.807) is 7.11 Å². The van der Waals surface area contributed by atoms with Gasteiger partial charge in [0.25, 0.3) is 0 Å². The molecule has 2 heterocycles. The minimum atomic E-state index is 0.744. The number of halogens is 1. The molecule has 26 heavy (non-hydrogen) atoms. The first-order chi connectivity index (χ1) is 12.6. The van der Waals surface area contributed by atoms with Crippen molar-refractivity contribution >= 4 is 27.0 Å². The quantitative estimate of drug-likeness (QED) is 0.444. The van der Waals surface area contributed by atoms with Crippen molar-refractivity contribution < 1.29 is 4.74 Å². The van der Waals surface area contributed by atoms with E-state index in [1.807, 2.05) is 13.0 Å². The molecule has 0 amide bonds.